The Morgan fingerprint density at radius 1 is 1.14 bits per heavy atom. The number of rotatable bonds is 4. The van der Waals surface area contributed by atoms with Crippen molar-refractivity contribution in [1.29, 1.82) is 0 Å². The molecule has 1 fully saturated rings. The lowest BCUT2D eigenvalue weighted by atomic mass is 10.1. The molecule has 1 saturated heterocycles. The maximum atomic E-state index is 12.9. The molecule has 1 amide bonds. The largest absolute Gasteiger partial charge is 0.490 e. The van der Waals surface area contributed by atoms with Crippen LogP contribution in [0.3, 0.4) is 0 Å². The predicted molar refractivity (Wildman–Crippen MR) is 104 cm³/mol. The molecule has 0 bridgehead atoms. The van der Waals surface area contributed by atoms with Gasteiger partial charge in [0.25, 0.3) is 11.5 Å². The topological polar surface area (TPSA) is 78.8 Å². The Bertz CT molecular complexity index is 931. The quantitative estimate of drug-likeness (QED) is 0.877. The Kier molecular flexibility index (Phi) is 5.34. The summed E-state index contributed by atoms with van der Waals surface area (Å²) in [5.41, 5.74) is 1.04. The number of carbonyl (C=O) groups excluding carboxylic acids is 1. The van der Waals surface area contributed by atoms with Crippen LogP contribution in [0.1, 0.15) is 35.2 Å². The van der Waals surface area contributed by atoms with Gasteiger partial charge in [-0.15, -0.1) is 0 Å². The minimum absolute atomic E-state index is 0.0260. The van der Waals surface area contributed by atoms with E-state index in [0.29, 0.717) is 42.5 Å². The number of amides is 1. The number of hydrogen-bond acceptors (Lipinski definition) is 5. The Hall–Kier alpha value is -2.80. The molecule has 2 aromatic rings. The van der Waals surface area contributed by atoms with E-state index in [2.05, 4.69) is 5.32 Å². The number of aryl methyl sites for hydroxylation is 1. The molecule has 4 rings (SSSR count). The molecule has 0 saturated carbocycles. The maximum Gasteiger partial charge on any atom is 0.263 e. The monoisotopic (exact) mass is 384 g/mol. The second kappa shape index (κ2) is 8.06. The second-order valence-electron chi connectivity index (χ2n) is 7.13. The summed E-state index contributed by atoms with van der Waals surface area (Å²) in [5.74, 6) is 0.819. The highest BCUT2D eigenvalue weighted by atomic mass is 16.5. The lowest BCUT2D eigenvalue weighted by Gasteiger charge is -2.15. The van der Waals surface area contributed by atoms with Gasteiger partial charge >= 0.3 is 0 Å². The van der Waals surface area contributed by atoms with Gasteiger partial charge in [0.15, 0.2) is 11.5 Å². The van der Waals surface area contributed by atoms with Crippen LogP contribution in [-0.4, -0.2) is 36.4 Å². The van der Waals surface area contributed by atoms with E-state index in [-0.39, 0.29) is 17.2 Å². The fourth-order valence-electron chi connectivity index (χ4n) is 3.53. The van der Waals surface area contributed by atoms with Gasteiger partial charge in [0, 0.05) is 31.0 Å². The summed E-state index contributed by atoms with van der Waals surface area (Å²) in [6.45, 7) is 4.12. The highest BCUT2D eigenvalue weighted by molar-refractivity contribution is 6.05. The minimum Gasteiger partial charge on any atom is -0.490 e. The van der Waals surface area contributed by atoms with Crippen molar-refractivity contribution in [3.63, 3.8) is 0 Å². The van der Waals surface area contributed by atoms with Gasteiger partial charge in [-0.1, -0.05) is 0 Å². The van der Waals surface area contributed by atoms with Gasteiger partial charge in [-0.3, -0.25) is 9.59 Å². The number of anilines is 1. The van der Waals surface area contributed by atoms with E-state index < -0.39 is 5.91 Å². The molecule has 7 heteroatoms. The molecular formula is C21H24N2O5. The lowest BCUT2D eigenvalue weighted by Crippen LogP contribution is -2.32. The molecule has 3 heterocycles. The Balaban J connectivity index is 1.56. The van der Waals surface area contributed by atoms with Crippen LogP contribution in [0.5, 0.6) is 11.5 Å². The van der Waals surface area contributed by atoms with Crippen LogP contribution >= 0.6 is 0 Å². The number of fused-ring (bicyclic) bond motifs is 1. The third kappa shape index (κ3) is 3.89. The number of benzene rings is 1. The third-order valence-corrected chi connectivity index (χ3v) is 5.03. The van der Waals surface area contributed by atoms with Crippen LogP contribution in [0.25, 0.3) is 0 Å². The van der Waals surface area contributed by atoms with Crippen LogP contribution in [0, 0.1) is 6.92 Å². The van der Waals surface area contributed by atoms with Gasteiger partial charge in [-0.2, -0.15) is 0 Å². The maximum absolute atomic E-state index is 12.9. The fourth-order valence-corrected chi connectivity index (χ4v) is 3.53. The van der Waals surface area contributed by atoms with Crippen LogP contribution < -0.4 is 20.3 Å². The average molecular weight is 384 g/mol. The summed E-state index contributed by atoms with van der Waals surface area (Å²) in [6, 6.07) is 7.03. The first-order valence-corrected chi connectivity index (χ1v) is 9.64. The number of aromatic nitrogens is 1. The van der Waals surface area contributed by atoms with Crippen molar-refractivity contribution in [3.05, 3.63) is 51.9 Å². The Labute approximate surface area is 163 Å². The van der Waals surface area contributed by atoms with Gasteiger partial charge in [-0.05, 0) is 43.5 Å². The van der Waals surface area contributed by atoms with E-state index in [1.807, 2.05) is 0 Å². The molecule has 2 aliphatic rings. The summed E-state index contributed by atoms with van der Waals surface area (Å²) in [6.07, 6.45) is 4.49. The lowest BCUT2D eigenvalue weighted by molar-refractivity contribution is 0.0952. The summed E-state index contributed by atoms with van der Waals surface area (Å²) in [5, 5.41) is 2.81. The molecule has 0 radical (unpaired) electrons. The fraction of sp³-hybridized carbons (Fsp3) is 0.429. The molecule has 1 atom stereocenters. The predicted octanol–water partition coefficient (Wildman–Crippen LogP) is 2.75. The number of nitrogens with zero attached hydrogens (tertiary/aromatic N) is 1. The van der Waals surface area contributed by atoms with Gasteiger partial charge in [0.1, 0.15) is 5.56 Å². The van der Waals surface area contributed by atoms with Crippen molar-refractivity contribution in [2.45, 2.75) is 38.8 Å². The number of ether oxygens (including phenoxy) is 3. The van der Waals surface area contributed by atoms with E-state index >= 15 is 0 Å². The van der Waals surface area contributed by atoms with Crippen molar-refractivity contribution in [2.24, 2.45) is 0 Å². The molecule has 2 aliphatic heterocycles. The first-order valence-electron chi connectivity index (χ1n) is 9.64. The molecule has 0 aliphatic carbocycles. The molecule has 0 spiro atoms. The zero-order chi connectivity index (χ0) is 19.5. The summed E-state index contributed by atoms with van der Waals surface area (Å²) in [7, 11) is 0. The van der Waals surface area contributed by atoms with E-state index in [9.17, 15) is 9.59 Å². The summed E-state index contributed by atoms with van der Waals surface area (Å²) in [4.78, 5) is 25.7. The zero-order valence-electron chi connectivity index (χ0n) is 15.9. The Morgan fingerprint density at radius 2 is 1.96 bits per heavy atom. The standard InChI is InChI=1S/C21H24N2O5/c1-14-7-8-23(13-16-4-2-9-26-16)21(25)19(14)20(24)22-15-5-6-17-18(12-15)28-11-3-10-27-17/h5-8,12,16H,2-4,9-11,13H2,1H3,(H,22,24). The zero-order valence-corrected chi connectivity index (χ0v) is 15.9. The van der Waals surface area contributed by atoms with Crippen molar-refractivity contribution in [1.82, 2.24) is 4.57 Å². The molecule has 1 aromatic heterocycles. The van der Waals surface area contributed by atoms with Crippen LogP contribution in [0.15, 0.2) is 35.3 Å². The molecule has 1 N–H and O–H groups in total. The van der Waals surface area contributed by atoms with E-state index in [4.69, 9.17) is 14.2 Å². The van der Waals surface area contributed by atoms with Crippen molar-refractivity contribution < 1.29 is 19.0 Å². The number of hydrogen-bond donors (Lipinski definition) is 1. The first-order chi connectivity index (χ1) is 13.6. The number of carbonyl (C=O) groups is 1. The first kappa shape index (κ1) is 18.6. The normalized spacial score (nSPS) is 18.5. The van der Waals surface area contributed by atoms with E-state index in [0.717, 1.165) is 25.9 Å². The van der Waals surface area contributed by atoms with Gasteiger partial charge in [0.2, 0.25) is 0 Å². The van der Waals surface area contributed by atoms with Crippen LogP contribution in [0.2, 0.25) is 0 Å². The molecular weight excluding hydrogens is 360 g/mol. The van der Waals surface area contributed by atoms with Crippen LogP contribution in [-0.2, 0) is 11.3 Å². The molecule has 1 unspecified atom stereocenters. The van der Waals surface area contributed by atoms with Crippen LogP contribution in [0.4, 0.5) is 5.69 Å². The van der Waals surface area contributed by atoms with Gasteiger partial charge < -0.3 is 24.1 Å². The molecule has 148 valence electrons. The molecule has 7 nitrogen and oxygen atoms in total. The smallest absolute Gasteiger partial charge is 0.263 e. The second-order valence-corrected chi connectivity index (χ2v) is 7.13. The average Bonchev–Trinajstić information content (AvgIpc) is 3.07. The Morgan fingerprint density at radius 3 is 2.75 bits per heavy atom. The van der Waals surface area contributed by atoms with Gasteiger partial charge in [-0.25, -0.2) is 0 Å². The number of nitrogens with one attached hydrogen (secondary N) is 1. The minimum atomic E-state index is -0.432. The summed E-state index contributed by atoms with van der Waals surface area (Å²) >= 11 is 0. The third-order valence-electron chi connectivity index (χ3n) is 5.03. The summed E-state index contributed by atoms with van der Waals surface area (Å²) < 4.78 is 18.4. The van der Waals surface area contributed by atoms with Crippen molar-refractivity contribution >= 4 is 11.6 Å². The highest BCUT2D eigenvalue weighted by Gasteiger charge is 2.21. The molecule has 1 aromatic carbocycles. The van der Waals surface area contributed by atoms with Crippen molar-refractivity contribution in [3.8, 4) is 11.5 Å². The number of pyridine rings is 1. The SMILES string of the molecule is Cc1ccn(CC2CCCO2)c(=O)c1C(=O)Nc1ccc2c(c1)OCCCO2. The van der Waals surface area contributed by atoms with E-state index in [1.54, 1.807) is 42.0 Å². The van der Waals surface area contributed by atoms with Gasteiger partial charge in [0.05, 0.1) is 25.9 Å². The molecule has 28 heavy (non-hydrogen) atoms. The highest BCUT2D eigenvalue weighted by Crippen LogP contribution is 2.32. The van der Waals surface area contributed by atoms with E-state index in [1.165, 1.54) is 0 Å². The van der Waals surface area contributed by atoms with Crippen molar-refractivity contribution in [2.75, 3.05) is 25.1 Å².